The van der Waals surface area contributed by atoms with Crippen molar-refractivity contribution in [3.8, 4) is 23.0 Å². The Balaban J connectivity index is 1.22. The van der Waals surface area contributed by atoms with Gasteiger partial charge in [0.25, 0.3) is 0 Å². The van der Waals surface area contributed by atoms with Crippen molar-refractivity contribution in [2.24, 2.45) is 0 Å². The Hall–Kier alpha value is -5.13. The number of amides is 2. The Morgan fingerprint density at radius 3 is 2.54 bits per heavy atom. The number of hydrogen-bond donors (Lipinski definition) is 3. The average molecular weight is 545 g/mol. The van der Waals surface area contributed by atoms with Gasteiger partial charge in [-0.15, -0.1) is 0 Å². The first-order valence-electron chi connectivity index (χ1n) is 13.5. The first kappa shape index (κ1) is 26.1. The molecule has 2 amide bonds. The average Bonchev–Trinajstić information content (AvgIpc) is 3.49. The molecule has 0 spiro atoms. The molecule has 0 atom stereocenters. The minimum absolute atomic E-state index is 0.303. The van der Waals surface area contributed by atoms with Gasteiger partial charge in [0.05, 0.1) is 0 Å². The Bertz CT molecular complexity index is 1730. The molecule has 0 radical (unpaired) electrons. The second kappa shape index (κ2) is 11.9. The first-order chi connectivity index (χ1) is 20.1. The molecule has 0 saturated carbocycles. The minimum atomic E-state index is -0.321. The van der Waals surface area contributed by atoms with E-state index in [0.717, 1.165) is 54.1 Å². The molecule has 3 N–H and O–H groups in total. The second-order valence-corrected chi connectivity index (χ2v) is 9.84. The van der Waals surface area contributed by atoms with Gasteiger partial charge in [-0.25, -0.2) is 14.2 Å². The smallest absolute Gasteiger partial charge is 0.319 e. The van der Waals surface area contributed by atoms with Gasteiger partial charge < -0.3 is 25.3 Å². The highest BCUT2D eigenvalue weighted by atomic mass is 19.1. The van der Waals surface area contributed by atoms with Gasteiger partial charge in [-0.3, -0.25) is 0 Å². The molecule has 8 heteroatoms. The summed E-state index contributed by atoms with van der Waals surface area (Å²) in [5.74, 6) is 6.07. The quantitative estimate of drug-likeness (QED) is 0.264. The molecule has 2 aromatic heterocycles. The van der Waals surface area contributed by atoms with E-state index in [2.05, 4.69) is 61.9 Å². The number of fused-ring (bicyclic) bond motifs is 1. The monoisotopic (exact) mass is 544 g/mol. The highest BCUT2D eigenvalue weighted by molar-refractivity contribution is 5.90. The van der Waals surface area contributed by atoms with E-state index in [1.54, 1.807) is 18.3 Å². The van der Waals surface area contributed by atoms with E-state index in [9.17, 15) is 9.18 Å². The van der Waals surface area contributed by atoms with Crippen LogP contribution < -0.4 is 20.9 Å². The van der Waals surface area contributed by atoms with Gasteiger partial charge in [-0.1, -0.05) is 30.0 Å². The molecule has 41 heavy (non-hydrogen) atoms. The second-order valence-electron chi connectivity index (χ2n) is 9.84. The van der Waals surface area contributed by atoms with Crippen LogP contribution in [-0.4, -0.2) is 41.6 Å². The molecule has 3 heterocycles. The fraction of sp³-hybridized carbons (Fsp3) is 0.152. The molecular weight excluding hydrogens is 515 g/mol. The lowest BCUT2D eigenvalue weighted by molar-refractivity contribution is 0.251. The summed E-state index contributed by atoms with van der Waals surface area (Å²) < 4.78 is 15.3. The number of anilines is 2. The van der Waals surface area contributed by atoms with E-state index in [1.165, 1.54) is 17.8 Å². The van der Waals surface area contributed by atoms with Crippen LogP contribution in [0.5, 0.6) is 0 Å². The third-order valence-corrected chi connectivity index (χ3v) is 7.04. The maximum absolute atomic E-state index is 13.4. The van der Waals surface area contributed by atoms with Crippen molar-refractivity contribution in [2.75, 3.05) is 36.4 Å². The number of urea groups is 1. The highest BCUT2D eigenvalue weighted by Gasteiger charge is 2.12. The van der Waals surface area contributed by atoms with Crippen molar-refractivity contribution in [3.05, 3.63) is 120 Å². The van der Waals surface area contributed by atoms with Gasteiger partial charge in [0.1, 0.15) is 11.5 Å². The molecule has 0 bridgehead atoms. The predicted octanol–water partition coefficient (Wildman–Crippen LogP) is 5.27. The SMILES string of the molecule is O=C(NCc1ccn2ccnc2c1)Nc1ccc(-c2ccc(N3CCNCC3)cc2)c(C#Cc2ccc(F)cc2)c1. The number of hydrogen-bond acceptors (Lipinski definition) is 4. The summed E-state index contributed by atoms with van der Waals surface area (Å²) in [5.41, 5.74) is 7.02. The van der Waals surface area contributed by atoms with E-state index >= 15 is 0 Å². The third-order valence-electron chi connectivity index (χ3n) is 7.04. The topological polar surface area (TPSA) is 73.7 Å². The van der Waals surface area contributed by atoms with Crippen LogP contribution in [0.15, 0.2) is 97.5 Å². The Morgan fingerprint density at radius 2 is 1.73 bits per heavy atom. The maximum Gasteiger partial charge on any atom is 0.319 e. The van der Waals surface area contributed by atoms with E-state index in [0.29, 0.717) is 17.8 Å². The normalized spacial score (nSPS) is 13.0. The number of nitrogens with zero attached hydrogens (tertiary/aromatic N) is 3. The molecule has 7 nitrogen and oxygen atoms in total. The van der Waals surface area contributed by atoms with Gasteiger partial charge in [-0.05, 0) is 77.4 Å². The molecule has 204 valence electrons. The van der Waals surface area contributed by atoms with E-state index in [1.807, 2.05) is 47.1 Å². The zero-order valence-electron chi connectivity index (χ0n) is 22.4. The summed E-state index contributed by atoms with van der Waals surface area (Å²) in [7, 11) is 0. The van der Waals surface area contributed by atoms with Crippen LogP contribution in [0.2, 0.25) is 0 Å². The van der Waals surface area contributed by atoms with Gasteiger partial charge in [-0.2, -0.15) is 0 Å². The molecule has 1 aliphatic rings. The standard InChI is InChI=1S/C33H29FN6O/c34-28-7-2-24(3-8-28)1-4-27-22-29(38-33(41)37-23-25-13-17-40-20-16-36-32(40)21-25)9-12-31(27)26-5-10-30(11-6-26)39-18-14-35-15-19-39/h2-3,5-13,16-17,20-22,35H,14-15,18-19,23H2,(H2,37,38,41). The number of carbonyl (C=O) groups is 1. The fourth-order valence-corrected chi connectivity index (χ4v) is 4.84. The number of benzene rings is 3. The molecule has 5 aromatic rings. The fourth-order valence-electron chi connectivity index (χ4n) is 4.84. The molecule has 1 saturated heterocycles. The Morgan fingerprint density at radius 1 is 0.927 bits per heavy atom. The minimum Gasteiger partial charge on any atom is -0.369 e. The summed E-state index contributed by atoms with van der Waals surface area (Å²) in [6.45, 7) is 4.28. The zero-order chi connectivity index (χ0) is 28.0. The van der Waals surface area contributed by atoms with Crippen LogP contribution in [0.25, 0.3) is 16.8 Å². The number of pyridine rings is 1. The number of halogens is 1. The van der Waals surface area contributed by atoms with Crippen molar-refractivity contribution < 1.29 is 9.18 Å². The Kier molecular flexibility index (Phi) is 7.61. The Labute approximate surface area is 238 Å². The lowest BCUT2D eigenvalue weighted by atomic mass is 9.98. The van der Waals surface area contributed by atoms with Gasteiger partial charge >= 0.3 is 6.03 Å². The summed E-state index contributed by atoms with van der Waals surface area (Å²) in [5, 5.41) is 9.21. The molecule has 0 aliphatic carbocycles. The number of piperazine rings is 1. The van der Waals surface area contributed by atoms with Crippen LogP contribution in [0.3, 0.4) is 0 Å². The molecule has 6 rings (SSSR count). The zero-order valence-corrected chi connectivity index (χ0v) is 22.4. The summed E-state index contributed by atoms with van der Waals surface area (Å²) in [6, 6.07) is 23.8. The number of rotatable bonds is 5. The first-order valence-corrected chi connectivity index (χ1v) is 13.5. The van der Waals surface area contributed by atoms with Crippen molar-refractivity contribution in [2.45, 2.75) is 6.54 Å². The van der Waals surface area contributed by atoms with Crippen LogP contribution in [0, 0.1) is 17.7 Å². The number of carbonyl (C=O) groups excluding carboxylic acids is 1. The molecule has 0 unspecified atom stereocenters. The van der Waals surface area contributed by atoms with Crippen molar-refractivity contribution >= 4 is 23.1 Å². The predicted molar refractivity (Wildman–Crippen MR) is 160 cm³/mol. The molecule has 3 aromatic carbocycles. The third kappa shape index (κ3) is 6.38. The maximum atomic E-state index is 13.4. The van der Waals surface area contributed by atoms with Crippen molar-refractivity contribution in [3.63, 3.8) is 0 Å². The lowest BCUT2D eigenvalue weighted by Gasteiger charge is -2.29. The van der Waals surface area contributed by atoms with Gasteiger partial charge in [0, 0.05) is 73.8 Å². The number of aromatic nitrogens is 2. The van der Waals surface area contributed by atoms with Gasteiger partial charge in [0.2, 0.25) is 0 Å². The van der Waals surface area contributed by atoms with E-state index < -0.39 is 0 Å². The van der Waals surface area contributed by atoms with Crippen molar-refractivity contribution in [1.29, 1.82) is 0 Å². The van der Waals surface area contributed by atoms with Crippen LogP contribution in [-0.2, 0) is 6.54 Å². The van der Waals surface area contributed by atoms with E-state index in [4.69, 9.17) is 0 Å². The molecular formula is C33H29FN6O. The molecule has 1 aliphatic heterocycles. The number of imidazole rings is 1. The van der Waals surface area contributed by atoms with Crippen LogP contribution in [0.4, 0.5) is 20.6 Å². The summed E-state index contributed by atoms with van der Waals surface area (Å²) in [4.78, 5) is 19.4. The van der Waals surface area contributed by atoms with Crippen LogP contribution in [0.1, 0.15) is 16.7 Å². The van der Waals surface area contributed by atoms with Gasteiger partial charge in [0.15, 0.2) is 0 Å². The highest BCUT2D eigenvalue weighted by Crippen LogP contribution is 2.28. The van der Waals surface area contributed by atoms with Crippen molar-refractivity contribution in [1.82, 2.24) is 20.0 Å². The summed E-state index contributed by atoms with van der Waals surface area (Å²) in [6.07, 6.45) is 5.53. The number of nitrogens with one attached hydrogen (secondary N) is 3. The largest absolute Gasteiger partial charge is 0.369 e. The lowest BCUT2D eigenvalue weighted by Crippen LogP contribution is -2.43. The van der Waals surface area contributed by atoms with Crippen LogP contribution >= 0.6 is 0 Å². The molecule has 1 fully saturated rings. The summed E-state index contributed by atoms with van der Waals surface area (Å²) >= 11 is 0. The van der Waals surface area contributed by atoms with E-state index in [-0.39, 0.29) is 11.8 Å².